The van der Waals surface area contributed by atoms with Crippen molar-refractivity contribution in [2.75, 3.05) is 11.9 Å². The molecule has 3 N–H and O–H groups in total. The van der Waals surface area contributed by atoms with Crippen molar-refractivity contribution in [3.8, 4) is 17.5 Å². The minimum atomic E-state index is -0.883. The molecular formula is C36H37N7O3. The van der Waals surface area contributed by atoms with Gasteiger partial charge in [0.2, 0.25) is 5.95 Å². The molecule has 1 amide bonds. The number of nitrogens with zero attached hydrogens (tertiary/aromatic N) is 6. The van der Waals surface area contributed by atoms with Gasteiger partial charge in [0.1, 0.15) is 17.4 Å². The number of carboxylic acid groups (broad SMARTS) is 1. The number of piperidine rings is 1. The lowest BCUT2D eigenvalue weighted by molar-refractivity contribution is 0.0685. The monoisotopic (exact) mass is 615 g/mol. The van der Waals surface area contributed by atoms with E-state index in [2.05, 4.69) is 21.4 Å². The van der Waals surface area contributed by atoms with Crippen LogP contribution < -0.4 is 5.32 Å². The van der Waals surface area contributed by atoms with E-state index >= 15 is 0 Å². The van der Waals surface area contributed by atoms with Gasteiger partial charge in [-0.1, -0.05) is 60.7 Å². The number of likely N-dealkylation sites (tertiary alicyclic amines) is 1. The predicted octanol–water partition coefficient (Wildman–Crippen LogP) is 6.57. The molecule has 1 aliphatic rings. The Labute approximate surface area is 268 Å². The first-order valence-electron chi connectivity index (χ1n) is 15.6. The lowest BCUT2D eigenvalue weighted by Crippen LogP contribution is -2.46. The number of carbonyl (C=O) groups is 1. The maximum Gasteiger partial charge on any atom is 0.407 e. The van der Waals surface area contributed by atoms with Gasteiger partial charge in [-0.15, -0.1) is 0 Å². The number of hydrogen-bond donors (Lipinski definition) is 3. The van der Waals surface area contributed by atoms with E-state index in [1.807, 2.05) is 91.2 Å². The topological polar surface area (TPSA) is 140 Å². The van der Waals surface area contributed by atoms with Gasteiger partial charge in [-0.2, -0.15) is 5.26 Å². The Bertz CT molecular complexity index is 1870. The molecule has 5 aromatic rings. The number of rotatable bonds is 9. The SMILES string of the molecule is Cc1cccn2c(-c3nc(N[C@@H](C)c4ccc(C(O)CC5CCN(C(=O)O)C(Cc6ccccc6)C5)cc4)ncc3C#N)cnc12. The Hall–Kier alpha value is -5.27. The van der Waals surface area contributed by atoms with Crippen molar-refractivity contribution in [1.82, 2.24) is 24.3 Å². The number of hydrogen-bond acceptors (Lipinski definition) is 7. The maximum atomic E-state index is 11.9. The summed E-state index contributed by atoms with van der Waals surface area (Å²) in [5.41, 5.74) is 6.35. The summed E-state index contributed by atoms with van der Waals surface area (Å²) in [4.78, 5) is 27.1. The van der Waals surface area contributed by atoms with Gasteiger partial charge >= 0.3 is 6.09 Å². The Balaban J connectivity index is 1.11. The standard InChI is InChI=1S/C36H37N7O3/c1-23-7-6-15-43-31(22-38-34(23)43)33-29(20-37)21-39-35(41-33)40-24(2)27-10-12-28(13-11-27)32(44)19-26-14-16-42(36(45)46)30(18-26)17-25-8-4-3-5-9-25/h3-13,15,21-22,24,26,30,32,44H,14,16-19H2,1-2H3,(H,45,46)(H,39,40,41)/t24-,26?,30?,32?/m0/s1. The Morgan fingerprint density at radius 1 is 1.07 bits per heavy atom. The molecule has 0 saturated carbocycles. The zero-order chi connectivity index (χ0) is 32.2. The average molecular weight is 616 g/mol. The number of fused-ring (bicyclic) bond motifs is 1. The van der Waals surface area contributed by atoms with Crippen molar-refractivity contribution in [3.63, 3.8) is 0 Å². The van der Waals surface area contributed by atoms with E-state index in [-0.39, 0.29) is 18.0 Å². The van der Waals surface area contributed by atoms with Crippen molar-refractivity contribution in [2.24, 2.45) is 5.92 Å². The summed E-state index contributed by atoms with van der Waals surface area (Å²) in [6.07, 6.45) is 6.33. The summed E-state index contributed by atoms with van der Waals surface area (Å²) in [6, 6.07) is 23.7. The van der Waals surface area contributed by atoms with Gasteiger partial charge in [-0.3, -0.25) is 4.40 Å². The highest BCUT2D eigenvalue weighted by molar-refractivity contribution is 5.68. The number of benzene rings is 2. The summed E-state index contributed by atoms with van der Waals surface area (Å²) in [5.74, 6) is 0.616. The van der Waals surface area contributed by atoms with E-state index in [9.17, 15) is 20.3 Å². The summed E-state index contributed by atoms with van der Waals surface area (Å²) in [5, 5.41) is 34.0. The van der Waals surface area contributed by atoms with E-state index < -0.39 is 12.2 Å². The molecular weight excluding hydrogens is 578 g/mol. The first-order chi connectivity index (χ1) is 22.3. The van der Waals surface area contributed by atoms with Crippen LogP contribution in [-0.2, 0) is 6.42 Å². The van der Waals surface area contributed by atoms with Crippen LogP contribution in [0, 0.1) is 24.2 Å². The molecule has 46 heavy (non-hydrogen) atoms. The molecule has 10 nitrogen and oxygen atoms in total. The van der Waals surface area contributed by atoms with E-state index in [0.29, 0.717) is 42.3 Å². The fourth-order valence-corrected chi connectivity index (χ4v) is 6.47. The van der Waals surface area contributed by atoms with Crippen LogP contribution >= 0.6 is 0 Å². The summed E-state index contributed by atoms with van der Waals surface area (Å²) >= 11 is 0. The normalized spacial score (nSPS) is 17.7. The van der Waals surface area contributed by atoms with Crippen molar-refractivity contribution >= 4 is 17.7 Å². The second kappa shape index (κ2) is 13.4. The maximum absolute atomic E-state index is 11.9. The summed E-state index contributed by atoms with van der Waals surface area (Å²) in [7, 11) is 0. The number of aliphatic hydroxyl groups excluding tert-OH is 1. The molecule has 4 heterocycles. The minimum absolute atomic E-state index is 0.109. The summed E-state index contributed by atoms with van der Waals surface area (Å²) in [6.45, 7) is 4.47. The molecule has 0 bridgehead atoms. The average Bonchev–Trinajstić information content (AvgIpc) is 3.50. The van der Waals surface area contributed by atoms with Gasteiger partial charge in [0, 0.05) is 18.8 Å². The number of amides is 1. The number of pyridine rings is 1. The number of nitrogens with one attached hydrogen (secondary N) is 1. The van der Waals surface area contributed by atoms with Gasteiger partial charge in [0.25, 0.3) is 0 Å². The second-order valence-electron chi connectivity index (χ2n) is 12.1. The molecule has 2 aromatic carbocycles. The molecule has 3 unspecified atom stereocenters. The molecule has 3 aromatic heterocycles. The van der Waals surface area contributed by atoms with Gasteiger partial charge in [0.15, 0.2) is 0 Å². The number of nitriles is 1. The Morgan fingerprint density at radius 2 is 1.83 bits per heavy atom. The zero-order valence-electron chi connectivity index (χ0n) is 25.9. The largest absolute Gasteiger partial charge is 0.465 e. The first-order valence-corrected chi connectivity index (χ1v) is 15.6. The van der Waals surface area contributed by atoms with Crippen LogP contribution in [0.2, 0.25) is 0 Å². The zero-order valence-corrected chi connectivity index (χ0v) is 25.9. The highest BCUT2D eigenvalue weighted by Crippen LogP contribution is 2.33. The fraction of sp³-hybridized carbons (Fsp3) is 0.306. The second-order valence-corrected chi connectivity index (χ2v) is 12.1. The van der Waals surface area contributed by atoms with E-state index in [1.165, 1.54) is 6.20 Å². The quantitative estimate of drug-likeness (QED) is 0.169. The van der Waals surface area contributed by atoms with Crippen molar-refractivity contribution in [3.05, 3.63) is 113 Å². The van der Waals surface area contributed by atoms with Crippen molar-refractivity contribution in [2.45, 2.75) is 57.7 Å². The molecule has 0 spiro atoms. The van der Waals surface area contributed by atoms with E-state index in [1.54, 1.807) is 11.1 Å². The van der Waals surface area contributed by atoms with Gasteiger partial charge in [-0.25, -0.2) is 19.7 Å². The third-order valence-corrected chi connectivity index (χ3v) is 8.99. The van der Waals surface area contributed by atoms with E-state index in [4.69, 9.17) is 4.98 Å². The molecule has 4 atom stereocenters. The number of aryl methyl sites for hydroxylation is 1. The van der Waals surface area contributed by atoms with Crippen LogP contribution in [0.25, 0.3) is 17.0 Å². The Morgan fingerprint density at radius 3 is 2.57 bits per heavy atom. The van der Waals surface area contributed by atoms with Crippen LogP contribution in [-0.4, -0.2) is 53.1 Å². The molecule has 1 fully saturated rings. The molecule has 0 radical (unpaired) electrons. The highest BCUT2D eigenvalue weighted by Gasteiger charge is 2.32. The molecule has 234 valence electrons. The van der Waals surface area contributed by atoms with Crippen LogP contribution in [0.1, 0.15) is 66.1 Å². The molecule has 1 saturated heterocycles. The number of aromatic nitrogens is 4. The minimum Gasteiger partial charge on any atom is -0.465 e. The van der Waals surface area contributed by atoms with Gasteiger partial charge < -0.3 is 20.4 Å². The molecule has 1 aliphatic heterocycles. The number of anilines is 1. The van der Waals surface area contributed by atoms with Crippen LogP contribution in [0.3, 0.4) is 0 Å². The van der Waals surface area contributed by atoms with Crippen molar-refractivity contribution in [1.29, 1.82) is 5.26 Å². The highest BCUT2D eigenvalue weighted by atomic mass is 16.4. The lowest BCUT2D eigenvalue weighted by atomic mass is 9.83. The molecule has 6 rings (SSSR count). The van der Waals surface area contributed by atoms with E-state index in [0.717, 1.165) is 40.7 Å². The fourth-order valence-electron chi connectivity index (χ4n) is 6.47. The predicted molar refractivity (Wildman–Crippen MR) is 175 cm³/mol. The van der Waals surface area contributed by atoms with Gasteiger partial charge in [0.05, 0.1) is 35.8 Å². The van der Waals surface area contributed by atoms with Crippen LogP contribution in [0.15, 0.2) is 85.3 Å². The number of imidazole rings is 1. The third-order valence-electron chi connectivity index (χ3n) is 8.99. The smallest absolute Gasteiger partial charge is 0.407 e. The third kappa shape index (κ3) is 6.55. The van der Waals surface area contributed by atoms with Crippen LogP contribution in [0.4, 0.5) is 10.7 Å². The van der Waals surface area contributed by atoms with Gasteiger partial charge in [-0.05, 0) is 73.8 Å². The van der Waals surface area contributed by atoms with Crippen LogP contribution in [0.5, 0.6) is 0 Å². The molecule has 10 heteroatoms. The molecule has 0 aliphatic carbocycles. The summed E-state index contributed by atoms with van der Waals surface area (Å²) < 4.78 is 1.93. The number of aliphatic hydroxyl groups is 1. The lowest BCUT2D eigenvalue weighted by Gasteiger charge is -2.38. The first kappa shape index (κ1) is 30.7. The Kier molecular flexibility index (Phi) is 8.94. The van der Waals surface area contributed by atoms with Crippen molar-refractivity contribution < 1.29 is 15.0 Å².